The third kappa shape index (κ3) is 4.72. The Morgan fingerprint density at radius 1 is 0.925 bits per heavy atom. The maximum Gasteiger partial charge on any atom is 0.315 e. The molecule has 1 aliphatic rings. The number of hydrogen-bond acceptors (Lipinski definition) is 11. The van der Waals surface area contributed by atoms with E-state index >= 15 is 0 Å². The van der Waals surface area contributed by atoms with Gasteiger partial charge in [-0.05, 0) is 12.8 Å². The molecule has 2 aromatic carbocycles. The number of ether oxygens (including phenoxy) is 4. The van der Waals surface area contributed by atoms with Gasteiger partial charge in [0, 0.05) is 0 Å². The van der Waals surface area contributed by atoms with E-state index in [0.717, 1.165) is 25.0 Å². The molecule has 0 saturated carbocycles. The van der Waals surface area contributed by atoms with E-state index in [1.54, 1.807) is 0 Å². The molecule has 3 aromatic rings. The maximum atomic E-state index is 13.8. The van der Waals surface area contributed by atoms with E-state index in [-0.39, 0.29) is 69.8 Å². The van der Waals surface area contributed by atoms with Crippen LogP contribution in [-0.2, 0) is 0 Å². The summed E-state index contributed by atoms with van der Waals surface area (Å²) in [6, 6.07) is 2.28. The van der Waals surface area contributed by atoms with Crippen LogP contribution in [0.2, 0.25) is 0 Å². The first-order chi connectivity index (χ1) is 19.2. The number of Topliss-reactive ketones (excluding diaryl/α,β-unsaturated/α-hetero) is 1. The molecule has 0 atom stereocenters. The summed E-state index contributed by atoms with van der Waals surface area (Å²) in [5.74, 6) is -1.79. The molecule has 0 fully saturated rings. The van der Waals surface area contributed by atoms with Crippen LogP contribution in [0.4, 0.5) is 17.1 Å². The zero-order valence-electron chi connectivity index (χ0n) is 22.4. The highest BCUT2D eigenvalue weighted by Gasteiger charge is 2.40. The third-order valence-corrected chi connectivity index (χ3v) is 6.37. The normalized spacial score (nSPS) is 12.3. The number of methoxy groups -OCH3 is 2. The van der Waals surface area contributed by atoms with E-state index in [9.17, 15) is 30.1 Å². The molecule has 4 rings (SSSR count). The van der Waals surface area contributed by atoms with Crippen molar-refractivity contribution in [1.82, 2.24) is 4.98 Å². The largest absolute Gasteiger partial charge is 0.505 e. The average Bonchev–Trinajstić information content (AvgIpc) is 3.45. The molecular weight excluding hydrogens is 528 g/mol. The number of nitro groups is 2. The number of fused-ring (bicyclic) bond motifs is 2. The SMILES string of the molecule is CCCCOc1c([N+](=O)[O-])cc(OC)c2c1C(=O)C(c1[nH]c3c(OC)cc([N+](=O)[O-])c(OCCCC)c3c1O)=N2. The standard InChI is InChI=1S/C26H28N4O10/c1-5-7-9-39-25-13(29(33)34)11-15(37-3)19-17(25)23(31)21(27-19)22-24(32)18-20(28-22)16(38-4)12-14(30(35)36)26(18)40-10-8-6-2/h11-12,27,31H,5-10H2,1-4H3. The Balaban J connectivity index is 1.94. The molecule has 0 radical (unpaired) electrons. The number of carbonyl (C=O) groups is 1. The second-order valence-corrected chi connectivity index (χ2v) is 8.88. The van der Waals surface area contributed by atoms with Crippen molar-refractivity contribution in [2.45, 2.75) is 39.5 Å². The van der Waals surface area contributed by atoms with Crippen LogP contribution in [0.25, 0.3) is 10.9 Å². The molecule has 212 valence electrons. The van der Waals surface area contributed by atoms with Gasteiger partial charge in [0.1, 0.15) is 28.4 Å². The van der Waals surface area contributed by atoms with Gasteiger partial charge in [0.05, 0.1) is 60.3 Å². The number of ketones is 1. The minimum Gasteiger partial charge on any atom is -0.505 e. The summed E-state index contributed by atoms with van der Waals surface area (Å²) in [5, 5.41) is 35.0. The van der Waals surface area contributed by atoms with E-state index in [2.05, 4.69) is 9.98 Å². The van der Waals surface area contributed by atoms with Gasteiger partial charge in [-0.15, -0.1) is 0 Å². The first-order valence-corrected chi connectivity index (χ1v) is 12.6. The predicted molar refractivity (Wildman–Crippen MR) is 144 cm³/mol. The average molecular weight is 557 g/mol. The molecule has 1 aliphatic heterocycles. The van der Waals surface area contributed by atoms with E-state index in [1.165, 1.54) is 14.2 Å². The van der Waals surface area contributed by atoms with Crippen molar-refractivity contribution < 1.29 is 38.7 Å². The van der Waals surface area contributed by atoms with Crippen LogP contribution in [0.15, 0.2) is 17.1 Å². The lowest BCUT2D eigenvalue weighted by Crippen LogP contribution is -2.14. The van der Waals surface area contributed by atoms with Crippen molar-refractivity contribution in [1.29, 1.82) is 0 Å². The summed E-state index contributed by atoms with van der Waals surface area (Å²) in [6.07, 6.45) is 2.70. The van der Waals surface area contributed by atoms with Crippen molar-refractivity contribution in [3.8, 4) is 28.7 Å². The number of hydrogen-bond donors (Lipinski definition) is 2. The Kier molecular flexibility index (Phi) is 8.07. The van der Waals surface area contributed by atoms with Crippen LogP contribution in [0.5, 0.6) is 28.7 Å². The van der Waals surface area contributed by atoms with Crippen LogP contribution in [0.1, 0.15) is 55.6 Å². The quantitative estimate of drug-likeness (QED) is 0.157. The summed E-state index contributed by atoms with van der Waals surface area (Å²) in [6.45, 7) is 4.10. The molecular formula is C26H28N4O10. The van der Waals surface area contributed by atoms with E-state index in [0.29, 0.717) is 12.8 Å². The number of carbonyl (C=O) groups excluding carboxylic acids is 1. The van der Waals surface area contributed by atoms with Crippen molar-refractivity contribution in [3.05, 3.63) is 43.6 Å². The van der Waals surface area contributed by atoms with Crippen molar-refractivity contribution >= 4 is 39.5 Å². The second kappa shape index (κ2) is 11.5. The number of nitrogens with one attached hydrogen (secondary N) is 1. The van der Waals surface area contributed by atoms with Gasteiger partial charge < -0.3 is 29.0 Å². The molecule has 0 saturated heterocycles. The molecule has 2 N–H and O–H groups in total. The fourth-order valence-corrected chi connectivity index (χ4v) is 4.36. The molecule has 2 heterocycles. The third-order valence-electron chi connectivity index (χ3n) is 6.37. The number of H-pyrrole nitrogens is 1. The first kappa shape index (κ1) is 28.1. The number of benzene rings is 2. The fourth-order valence-electron chi connectivity index (χ4n) is 4.36. The Hall–Kier alpha value is -4.88. The number of nitro benzene ring substituents is 2. The fraction of sp³-hybridized carbons (Fsp3) is 0.385. The Morgan fingerprint density at radius 3 is 2.02 bits per heavy atom. The lowest BCUT2D eigenvalue weighted by molar-refractivity contribution is -0.386. The van der Waals surface area contributed by atoms with Gasteiger partial charge in [0.15, 0.2) is 11.5 Å². The molecule has 0 bridgehead atoms. The minimum absolute atomic E-state index is 0.00461. The van der Waals surface area contributed by atoms with E-state index < -0.39 is 32.8 Å². The van der Waals surface area contributed by atoms with Crippen molar-refractivity contribution in [2.24, 2.45) is 4.99 Å². The van der Waals surface area contributed by atoms with E-state index in [1.807, 2.05) is 13.8 Å². The zero-order valence-corrected chi connectivity index (χ0v) is 22.4. The van der Waals surface area contributed by atoms with Crippen molar-refractivity contribution in [3.63, 3.8) is 0 Å². The van der Waals surface area contributed by atoms with Crippen LogP contribution in [-0.4, -0.2) is 58.9 Å². The second-order valence-electron chi connectivity index (χ2n) is 8.88. The topological polar surface area (TPSA) is 189 Å². The van der Waals surface area contributed by atoms with Gasteiger partial charge in [0.25, 0.3) is 0 Å². The first-order valence-electron chi connectivity index (χ1n) is 12.6. The van der Waals surface area contributed by atoms with Gasteiger partial charge in [-0.25, -0.2) is 4.99 Å². The Morgan fingerprint density at radius 2 is 1.48 bits per heavy atom. The number of unbranched alkanes of at least 4 members (excludes halogenated alkanes) is 2. The number of aliphatic imine (C=N–C) groups is 1. The molecule has 0 spiro atoms. The minimum atomic E-state index is -0.771. The highest BCUT2D eigenvalue weighted by Crippen LogP contribution is 2.51. The molecule has 14 heteroatoms. The molecule has 0 unspecified atom stereocenters. The summed E-state index contributed by atoms with van der Waals surface area (Å²) in [4.78, 5) is 43.4. The summed E-state index contributed by atoms with van der Waals surface area (Å²) in [7, 11) is 2.57. The van der Waals surface area contributed by atoms with Crippen LogP contribution in [0.3, 0.4) is 0 Å². The molecule has 0 aliphatic carbocycles. The molecule has 0 amide bonds. The van der Waals surface area contributed by atoms with Crippen LogP contribution in [0, 0.1) is 20.2 Å². The molecule has 40 heavy (non-hydrogen) atoms. The number of rotatable bonds is 13. The van der Waals surface area contributed by atoms with Gasteiger partial charge in [0.2, 0.25) is 17.3 Å². The number of aromatic amines is 1. The zero-order chi connectivity index (χ0) is 29.1. The highest BCUT2D eigenvalue weighted by atomic mass is 16.6. The summed E-state index contributed by atoms with van der Waals surface area (Å²) in [5.41, 5.74) is -1.44. The number of aromatic hydroxyl groups is 1. The predicted octanol–water partition coefficient (Wildman–Crippen LogP) is 5.38. The highest BCUT2D eigenvalue weighted by molar-refractivity contribution is 6.56. The lowest BCUT2D eigenvalue weighted by atomic mass is 10.0. The lowest BCUT2D eigenvalue weighted by Gasteiger charge is -2.12. The summed E-state index contributed by atoms with van der Waals surface area (Å²) < 4.78 is 22.1. The molecule has 1 aromatic heterocycles. The van der Waals surface area contributed by atoms with Gasteiger partial charge in [-0.1, -0.05) is 26.7 Å². The molecule has 14 nitrogen and oxygen atoms in total. The monoisotopic (exact) mass is 556 g/mol. The Bertz CT molecular complexity index is 1540. The Labute approximate surface area is 227 Å². The van der Waals surface area contributed by atoms with Crippen LogP contribution < -0.4 is 18.9 Å². The maximum absolute atomic E-state index is 13.8. The van der Waals surface area contributed by atoms with E-state index in [4.69, 9.17) is 18.9 Å². The number of nitrogens with zero attached hydrogens (tertiary/aromatic N) is 3. The van der Waals surface area contributed by atoms with Crippen LogP contribution >= 0.6 is 0 Å². The van der Waals surface area contributed by atoms with Gasteiger partial charge >= 0.3 is 11.4 Å². The summed E-state index contributed by atoms with van der Waals surface area (Å²) >= 11 is 0. The van der Waals surface area contributed by atoms with Gasteiger partial charge in [-0.2, -0.15) is 0 Å². The smallest absolute Gasteiger partial charge is 0.315 e. The van der Waals surface area contributed by atoms with Gasteiger partial charge in [-0.3, -0.25) is 25.0 Å². The van der Waals surface area contributed by atoms with Crippen molar-refractivity contribution in [2.75, 3.05) is 27.4 Å². The number of aromatic nitrogens is 1.